The Morgan fingerprint density at radius 2 is 2.13 bits per heavy atom. The highest BCUT2D eigenvalue weighted by atomic mass is 16.1. The summed E-state index contributed by atoms with van der Waals surface area (Å²) < 4.78 is 0. The molecular weight excluding hydrogens is 188 g/mol. The number of aldehydes is 1. The number of hydrogen-bond donors (Lipinski definition) is 1. The molecule has 1 aliphatic carbocycles. The van der Waals surface area contributed by atoms with Crippen LogP contribution in [-0.4, -0.2) is 42.9 Å². The molecule has 0 aromatic heterocycles. The zero-order valence-electron chi connectivity index (χ0n) is 9.15. The van der Waals surface area contributed by atoms with Gasteiger partial charge in [0.25, 0.3) is 0 Å². The maximum Gasteiger partial charge on any atom is 0.144 e. The van der Waals surface area contributed by atoms with Gasteiger partial charge in [0.2, 0.25) is 0 Å². The van der Waals surface area contributed by atoms with Crippen LogP contribution in [0.2, 0.25) is 0 Å². The minimum Gasteiger partial charge on any atom is -0.314 e. The van der Waals surface area contributed by atoms with E-state index in [4.69, 9.17) is 0 Å². The highest BCUT2D eigenvalue weighted by Gasteiger charge is 2.39. The van der Waals surface area contributed by atoms with E-state index >= 15 is 0 Å². The second kappa shape index (κ2) is 4.29. The summed E-state index contributed by atoms with van der Waals surface area (Å²) in [7, 11) is 0. The molecule has 0 amide bonds. The van der Waals surface area contributed by atoms with Gasteiger partial charge >= 0.3 is 0 Å². The van der Waals surface area contributed by atoms with Crippen molar-refractivity contribution in [3.05, 3.63) is 24.3 Å². The van der Waals surface area contributed by atoms with E-state index in [2.05, 4.69) is 23.2 Å². The first kappa shape index (κ1) is 10.6. The van der Waals surface area contributed by atoms with E-state index in [1.807, 2.05) is 18.2 Å². The molecule has 82 valence electrons. The zero-order chi connectivity index (χ0) is 10.7. The lowest BCUT2D eigenvalue weighted by Crippen LogP contribution is -2.59. The van der Waals surface area contributed by atoms with Gasteiger partial charge in [0.05, 0.1) is 0 Å². The smallest absolute Gasteiger partial charge is 0.144 e. The van der Waals surface area contributed by atoms with Gasteiger partial charge in [-0.05, 0) is 0 Å². The minimum atomic E-state index is -0.406. The summed E-state index contributed by atoms with van der Waals surface area (Å²) in [5, 5.41) is 3.31. The van der Waals surface area contributed by atoms with E-state index in [0.29, 0.717) is 0 Å². The summed E-state index contributed by atoms with van der Waals surface area (Å²) in [6, 6.07) is 0. The van der Waals surface area contributed by atoms with Crippen LogP contribution in [0.25, 0.3) is 0 Å². The van der Waals surface area contributed by atoms with E-state index < -0.39 is 5.54 Å². The Hall–Kier alpha value is -0.930. The van der Waals surface area contributed by atoms with Crippen molar-refractivity contribution in [1.29, 1.82) is 0 Å². The molecule has 0 aromatic rings. The van der Waals surface area contributed by atoms with Crippen LogP contribution in [0.1, 0.15) is 6.92 Å². The van der Waals surface area contributed by atoms with E-state index in [-0.39, 0.29) is 5.92 Å². The SMILES string of the molecule is CC1C=CC=CC1(C=O)N1CCNCC1. The molecular formula is C12H18N2O. The molecule has 3 nitrogen and oxygen atoms in total. The molecule has 2 rings (SSSR count). The topological polar surface area (TPSA) is 32.3 Å². The molecule has 1 aliphatic heterocycles. The molecule has 2 aliphatic rings. The van der Waals surface area contributed by atoms with Crippen LogP contribution >= 0.6 is 0 Å². The van der Waals surface area contributed by atoms with Crippen molar-refractivity contribution < 1.29 is 4.79 Å². The molecule has 0 aromatic carbocycles. The Kier molecular flexibility index (Phi) is 3.03. The van der Waals surface area contributed by atoms with Crippen LogP contribution in [0.3, 0.4) is 0 Å². The molecule has 0 bridgehead atoms. The van der Waals surface area contributed by atoms with E-state index in [0.717, 1.165) is 32.5 Å². The molecule has 1 heterocycles. The number of piperazine rings is 1. The average Bonchev–Trinajstić information content (AvgIpc) is 2.31. The molecule has 1 fully saturated rings. The number of nitrogens with zero attached hydrogens (tertiary/aromatic N) is 1. The molecule has 0 saturated carbocycles. The zero-order valence-corrected chi connectivity index (χ0v) is 9.15. The van der Waals surface area contributed by atoms with Crippen molar-refractivity contribution in [2.45, 2.75) is 12.5 Å². The number of rotatable bonds is 2. The Labute approximate surface area is 90.8 Å². The first-order chi connectivity index (χ1) is 7.29. The number of nitrogens with one attached hydrogen (secondary N) is 1. The van der Waals surface area contributed by atoms with Gasteiger partial charge in [0, 0.05) is 32.1 Å². The monoisotopic (exact) mass is 206 g/mol. The van der Waals surface area contributed by atoms with Crippen LogP contribution < -0.4 is 5.32 Å². The quantitative estimate of drug-likeness (QED) is 0.671. The number of carbonyl (C=O) groups is 1. The van der Waals surface area contributed by atoms with Crippen LogP contribution in [0.15, 0.2) is 24.3 Å². The third-order valence-electron chi connectivity index (χ3n) is 3.46. The fraction of sp³-hybridized carbons (Fsp3) is 0.583. The molecule has 2 unspecified atom stereocenters. The molecule has 1 N–H and O–H groups in total. The lowest BCUT2D eigenvalue weighted by molar-refractivity contribution is -0.118. The highest BCUT2D eigenvalue weighted by Crippen LogP contribution is 2.29. The summed E-state index contributed by atoms with van der Waals surface area (Å²) in [4.78, 5) is 13.7. The third kappa shape index (κ3) is 1.77. The molecule has 0 spiro atoms. The number of hydrogen-bond acceptors (Lipinski definition) is 3. The largest absolute Gasteiger partial charge is 0.314 e. The lowest BCUT2D eigenvalue weighted by atomic mass is 9.81. The second-order valence-electron chi connectivity index (χ2n) is 4.27. The Morgan fingerprint density at radius 3 is 2.73 bits per heavy atom. The Balaban J connectivity index is 2.23. The van der Waals surface area contributed by atoms with Crippen molar-refractivity contribution in [3.8, 4) is 0 Å². The van der Waals surface area contributed by atoms with Gasteiger partial charge in [-0.3, -0.25) is 4.90 Å². The molecule has 0 radical (unpaired) electrons. The predicted octanol–water partition coefficient (Wildman–Crippen LogP) is 0.591. The van der Waals surface area contributed by atoms with Gasteiger partial charge in [-0.15, -0.1) is 0 Å². The molecule has 15 heavy (non-hydrogen) atoms. The van der Waals surface area contributed by atoms with E-state index in [9.17, 15) is 4.79 Å². The van der Waals surface area contributed by atoms with Crippen molar-refractivity contribution in [1.82, 2.24) is 10.2 Å². The van der Waals surface area contributed by atoms with Crippen molar-refractivity contribution in [2.75, 3.05) is 26.2 Å². The maximum atomic E-state index is 11.4. The number of carbonyl (C=O) groups excluding carboxylic acids is 1. The van der Waals surface area contributed by atoms with Gasteiger partial charge in [0.15, 0.2) is 0 Å². The van der Waals surface area contributed by atoms with Crippen molar-refractivity contribution >= 4 is 6.29 Å². The fourth-order valence-electron chi connectivity index (χ4n) is 2.41. The average molecular weight is 206 g/mol. The normalized spacial score (nSPS) is 36.7. The minimum absolute atomic E-state index is 0.262. The van der Waals surface area contributed by atoms with Gasteiger partial charge in [-0.25, -0.2) is 0 Å². The van der Waals surface area contributed by atoms with Crippen LogP contribution in [0.4, 0.5) is 0 Å². The molecule has 3 heteroatoms. The van der Waals surface area contributed by atoms with Crippen LogP contribution in [0.5, 0.6) is 0 Å². The lowest BCUT2D eigenvalue weighted by Gasteiger charge is -2.44. The van der Waals surface area contributed by atoms with E-state index in [1.165, 1.54) is 0 Å². The first-order valence-electron chi connectivity index (χ1n) is 5.58. The summed E-state index contributed by atoms with van der Waals surface area (Å²) in [6.45, 7) is 5.94. The van der Waals surface area contributed by atoms with Crippen LogP contribution in [0, 0.1) is 5.92 Å². The first-order valence-corrected chi connectivity index (χ1v) is 5.58. The summed E-state index contributed by atoms with van der Waals surface area (Å²) in [5.41, 5.74) is -0.406. The Bertz CT molecular complexity index is 292. The summed E-state index contributed by atoms with van der Waals surface area (Å²) >= 11 is 0. The van der Waals surface area contributed by atoms with Crippen molar-refractivity contribution in [2.24, 2.45) is 5.92 Å². The highest BCUT2D eigenvalue weighted by molar-refractivity contribution is 5.70. The van der Waals surface area contributed by atoms with Gasteiger partial charge in [-0.2, -0.15) is 0 Å². The van der Waals surface area contributed by atoms with Gasteiger partial charge in [-0.1, -0.05) is 31.2 Å². The second-order valence-corrected chi connectivity index (χ2v) is 4.27. The maximum absolute atomic E-state index is 11.4. The third-order valence-corrected chi connectivity index (χ3v) is 3.46. The van der Waals surface area contributed by atoms with Gasteiger partial charge in [0.1, 0.15) is 11.8 Å². The van der Waals surface area contributed by atoms with Crippen molar-refractivity contribution in [3.63, 3.8) is 0 Å². The Morgan fingerprint density at radius 1 is 1.40 bits per heavy atom. The number of allylic oxidation sites excluding steroid dienone is 2. The summed E-state index contributed by atoms with van der Waals surface area (Å²) in [5.74, 6) is 0.262. The molecule has 1 saturated heterocycles. The predicted molar refractivity (Wildman–Crippen MR) is 60.7 cm³/mol. The fourth-order valence-corrected chi connectivity index (χ4v) is 2.41. The molecule has 2 atom stereocenters. The van der Waals surface area contributed by atoms with Gasteiger partial charge < -0.3 is 10.1 Å². The standard InChI is InChI=1S/C12H18N2O/c1-11-4-2-3-5-12(11,10-15)14-8-6-13-7-9-14/h2-5,10-11,13H,6-9H2,1H3. The summed E-state index contributed by atoms with van der Waals surface area (Å²) in [6.07, 6.45) is 9.25. The van der Waals surface area contributed by atoms with E-state index in [1.54, 1.807) is 0 Å². The van der Waals surface area contributed by atoms with Crippen LogP contribution in [-0.2, 0) is 4.79 Å².